The van der Waals surface area contributed by atoms with E-state index in [2.05, 4.69) is 4.72 Å². The van der Waals surface area contributed by atoms with Gasteiger partial charge in [0.2, 0.25) is 15.9 Å². The Morgan fingerprint density at radius 3 is 2.45 bits per heavy atom. The molecule has 0 spiro atoms. The SMILES string of the molecule is N=C(N)c1cccc(C[C@H](NS(=O)(=O)c2ccc3ccccc3c2)C(=O)N2CCCCC2C(=O)C(CCN)C(=O)O)c1. The predicted octanol–water partition coefficient (Wildman–Crippen LogP) is 2.01. The highest BCUT2D eigenvalue weighted by molar-refractivity contribution is 7.89. The van der Waals surface area contributed by atoms with E-state index in [1.165, 1.54) is 17.0 Å². The van der Waals surface area contributed by atoms with Crippen LogP contribution in [0.25, 0.3) is 10.8 Å². The van der Waals surface area contributed by atoms with Crippen molar-refractivity contribution in [3.63, 3.8) is 0 Å². The third kappa shape index (κ3) is 7.01. The van der Waals surface area contributed by atoms with Crippen LogP contribution in [0.2, 0.25) is 0 Å². The fraction of sp³-hybridized carbons (Fsp3) is 0.333. The van der Waals surface area contributed by atoms with E-state index in [1.807, 2.05) is 12.1 Å². The first-order chi connectivity index (χ1) is 20.0. The molecule has 0 radical (unpaired) electrons. The van der Waals surface area contributed by atoms with Gasteiger partial charge in [-0.15, -0.1) is 0 Å². The highest BCUT2D eigenvalue weighted by atomic mass is 32.2. The molecule has 3 aromatic rings. The Balaban J connectivity index is 1.70. The number of hydrogen-bond acceptors (Lipinski definition) is 7. The average molecular weight is 594 g/mol. The molecule has 4 rings (SSSR count). The maximum atomic E-state index is 14.1. The lowest BCUT2D eigenvalue weighted by atomic mass is 9.88. The van der Waals surface area contributed by atoms with Crippen LogP contribution < -0.4 is 16.2 Å². The third-order valence-corrected chi connectivity index (χ3v) is 8.99. The molecule has 0 aromatic heterocycles. The molecule has 42 heavy (non-hydrogen) atoms. The van der Waals surface area contributed by atoms with E-state index in [-0.39, 0.29) is 43.1 Å². The van der Waals surface area contributed by atoms with Gasteiger partial charge in [-0.1, -0.05) is 48.5 Å². The maximum absolute atomic E-state index is 14.1. The highest BCUT2D eigenvalue weighted by Crippen LogP contribution is 2.25. The molecule has 1 fully saturated rings. The monoisotopic (exact) mass is 593 g/mol. The lowest BCUT2D eigenvalue weighted by Gasteiger charge is -2.38. The molecule has 1 aliphatic heterocycles. The number of nitrogen functional groups attached to an aromatic ring is 1. The Morgan fingerprint density at radius 1 is 1.02 bits per heavy atom. The fourth-order valence-corrected chi connectivity index (χ4v) is 6.57. The van der Waals surface area contributed by atoms with Gasteiger partial charge < -0.3 is 21.5 Å². The number of fused-ring (bicyclic) bond motifs is 1. The zero-order valence-electron chi connectivity index (χ0n) is 23.0. The summed E-state index contributed by atoms with van der Waals surface area (Å²) < 4.78 is 29.8. The van der Waals surface area contributed by atoms with Crippen molar-refractivity contribution in [1.29, 1.82) is 5.41 Å². The lowest BCUT2D eigenvalue weighted by Crippen LogP contribution is -2.57. The van der Waals surface area contributed by atoms with Crippen LogP contribution in [-0.4, -0.2) is 67.1 Å². The van der Waals surface area contributed by atoms with Crippen LogP contribution in [-0.2, 0) is 30.8 Å². The van der Waals surface area contributed by atoms with Gasteiger partial charge in [-0.2, -0.15) is 4.72 Å². The average Bonchev–Trinajstić information content (AvgIpc) is 2.98. The first-order valence-corrected chi connectivity index (χ1v) is 15.2. The van der Waals surface area contributed by atoms with Crippen molar-refractivity contribution in [3.05, 3.63) is 77.9 Å². The number of amides is 1. The van der Waals surface area contributed by atoms with Crippen molar-refractivity contribution in [1.82, 2.24) is 9.62 Å². The van der Waals surface area contributed by atoms with E-state index >= 15 is 0 Å². The van der Waals surface area contributed by atoms with Gasteiger partial charge in [0, 0.05) is 12.1 Å². The summed E-state index contributed by atoms with van der Waals surface area (Å²) in [6.07, 6.45) is 1.30. The Bertz CT molecular complexity index is 1610. The molecule has 0 aliphatic carbocycles. The molecule has 11 nitrogen and oxygen atoms in total. The van der Waals surface area contributed by atoms with Crippen LogP contribution in [0.3, 0.4) is 0 Å². The molecule has 0 saturated carbocycles. The van der Waals surface area contributed by atoms with Crippen LogP contribution in [0.4, 0.5) is 0 Å². The molecule has 1 amide bonds. The molecule has 0 bridgehead atoms. The van der Waals surface area contributed by atoms with Gasteiger partial charge in [-0.25, -0.2) is 8.42 Å². The number of benzene rings is 3. The van der Waals surface area contributed by atoms with Gasteiger partial charge in [0.15, 0.2) is 5.78 Å². The summed E-state index contributed by atoms with van der Waals surface area (Å²) in [5.74, 6) is -4.11. The van der Waals surface area contributed by atoms with Crippen molar-refractivity contribution in [3.8, 4) is 0 Å². The first kappa shape index (κ1) is 30.8. The largest absolute Gasteiger partial charge is 0.481 e. The molecular weight excluding hydrogens is 558 g/mol. The summed E-state index contributed by atoms with van der Waals surface area (Å²) in [5, 5.41) is 19.0. The summed E-state index contributed by atoms with van der Waals surface area (Å²) in [7, 11) is -4.22. The normalized spacial score (nSPS) is 17.0. The summed E-state index contributed by atoms with van der Waals surface area (Å²) in [4.78, 5) is 40.6. The van der Waals surface area contributed by atoms with Crippen molar-refractivity contribution in [2.75, 3.05) is 13.1 Å². The molecule has 1 heterocycles. The molecular formula is C30H35N5O6S. The first-order valence-electron chi connectivity index (χ1n) is 13.7. The highest BCUT2D eigenvalue weighted by Gasteiger charge is 2.41. The number of likely N-dealkylation sites (tertiary alicyclic amines) is 1. The standard InChI is InChI=1S/C30H35N5O6S/c31-14-13-24(30(38)39)27(36)26-10-3-4-15-35(26)29(37)25(17-19-6-5-9-22(16-19)28(32)33)34-42(40,41)23-12-11-20-7-1-2-8-21(20)18-23/h1-2,5-9,11-12,16,18,24-26,34H,3-4,10,13-15,17,31H2,(H3,32,33)(H,38,39)/t24?,25-,26?/m0/s1. The van der Waals surface area contributed by atoms with Crippen LogP contribution in [0.15, 0.2) is 71.6 Å². The van der Waals surface area contributed by atoms with Crippen LogP contribution in [0, 0.1) is 11.3 Å². The number of piperidine rings is 1. The van der Waals surface area contributed by atoms with Gasteiger partial charge in [-0.3, -0.25) is 19.8 Å². The summed E-state index contributed by atoms with van der Waals surface area (Å²) >= 11 is 0. The number of carbonyl (C=O) groups is 3. The predicted molar refractivity (Wildman–Crippen MR) is 158 cm³/mol. The van der Waals surface area contributed by atoms with E-state index in [0.717, 1.165) is 5.39 Å². The van der Waals surface area contributed by atoms with Gasteiger partial charge in [0.25, 0.3) is 0 Å². The minimum Gasteiger partial charge on any atom is -0.481 e. The molecule has 1 saturated heterocycles. The van der Waals surface area contributed by atoms with Gasteiger partial charge in [0.1, 0.15) is 17.8 Å². The Morgan fingerprint density at radius 2 is 1.76 bits per heavy atom. The molecule has 7 N–H and O–H groups in total. The second-order valence-corrected chi connectivity index (χ2v) is 12.1. The summed E-state index contributed by atoms with van der Waals surface area (Å²) in [5.41, 5.74) is 12.2. The van der Waals surface area contributed by atoms with Crippen molar-refractivity contribution in [2.45, 2.75) is 49.1 Å². The van der Waals surface area contributed by atoms with E-state index in [0.29, 0.717) is 29.4 Å². The van der Waals surface area contributed by atoms with Crippen LogP contribution in [0.5, 0.6) is 0 Å². The van der Waals surface area contributed by atoms with Gasteiger partial charge in [-0.05, 0) is 73.2 Å². The molecule has 12 heteroatoms. The number of nitrogens with zero attached hydrogens (tertiary/aromatic N) is 1. The van der Waals surface area contributed by atoms with E-state index in [9.17, 15) is 27.9 Å². The topological polar surface area (TPSA) is 197 Å². The van der Waals surface area contributed by atoms with E-state index < -0.39 is 45.7 Å². The lowest BCUT2D eigenvalue weighted by molar-refractivity contribution is -0.152. The number of carbonyl (C=O) groups excluding carboxylic acids is 2. The Labute approximate surface area is 244 Å². The number of nitrogens with one attached hydrogen (secondary N) is 2. The molecule has 3 aromatic carbocycles. The number of nitrogens with two attached hydrogens (primary N) is 2. The number of carboxylic acid groups (broad SMARTS) is 1. The minimum atomic E-state index is -4.22. The smallest absolute Gasteiger partial charge is 0.314 e. The zero-order chi connectivity index (χ0) is 30.4. The second kappa shape index (κ2) is 13.2. The summed E-state index contributed by atoms with van der Waals surface area (Å²) in [6.45, 7) is 0.163. The minimum absolute atomic E-state index is 0.00988. The van der Waals surface area contributed by atoms with Crippen LogP contribution >= 0.6 is 0 Å². The van der Waals surface area contributed by atoms with Crippen molar-refractivity contribution < 1.29 is 27.9 Å². The van der Waals surface area contributed by atoms with Gasteiger partial charge in [0.05, 0.1) is 10.9 Å². The Hall–Kier alpha value is -4.13. The Kier molecular flexibility index (Phi) is 9.71. The number of carboxylic acids is 1. The third-order valence-electron chi connectivity index (χ3n) is 7.52. The van der Waals surface area contributed by atoms with Crippen molar-refractivity contribution in [2.24, 2.45) is 17.4 Å². The molecule has 3 atom stereocenters. The quantitative estimate of drug-likeness (QED) is 0.119. The number of amidine groups is 1. The molecule has 1 aliphatic rings. The maximum Gasteiger partial charge on any atom is 0.314 e. The number of rotatable bonds is 12. The summed E-state index contributed by atoms with van der Waals surface area (Å²) in [6, 6.07) is 16.2. The van der Waals surface area contributed by atoms with Gasteiger partial charge >= 0.3 is 5.97 Å². The number of aliphatic carboxylic acids is 1. The number of ketones is 1. The number of sulfonamides is 1. The molecule has 222 valence electrons. The van der Waals surface area contributed by atoms with Crippen molar-refractivity contribution >= 4 is 44.3 Å². The molecule has 2 unspecified atom stereocenters. The number of Topliss-reactive ketones (excluding diaryl/α,β-unsaturated/α-hetero) is 1. The van der Waals surface area contributed by atoms with E-state index in [1.54, 1.807) is 42.5 Å². The number of hydrogen-bond donors (Lipinski definition) is 5. The van der Waals surface area contributed by atoms with Crippen LogP contribution in [0.1, 0.15) is 36.8 Å². The fourth-order valence-electron chi connectivity index (χ4n) is 5.35. The zero-order valence-corrected chi connectivity index (χ0v) is 23.8. The second-order valence-electron chi connectivity index (χ2n) is 10.4. The van der Waals surface area contributed by atoms with E-state index in [4.69, 9.17) is 16.9 Å².